The zero-order chi connectivity index (χ0) is 14.6. The number of rotatable bonds is 6. The van der Waals surface area contributed by atoms with Gasteiger partial charge in [0.25, 0.3) is 0 Å². The second-order valence-electron chi connectivity index (χ2n) is 7.31. The molecule has 2 saturated carbocycles. The van der Waals surface area contributed by atoms with Crippen LogP contribution in [0.25, 0.3) is 0 Å². The van der Waals surface area contributed by atoms with E-state index in [4.69, 9.17) is 5.73 Å². The van der Waals surface area contributed by atoms with Crippen LogP contribution in [0.3, 0.4) is 0 Å². The van der Waals surface area contributed by atoms with Crippen LogP contribution in [0.4, 0.5) is 0 Å². The first-order valence-corrected chi connectivity index (χ1v) is 8.60. The van der Waals surface area contributed by atoms with Crippen molar-refractivity contribution in [2.45, 2.75) is 77.7 Å². The number of hydrogen-bond acceptors (Lipinski definition) is 2. The Morgan fingerprint density at radius 3 is 2.25 bits per heavy atom. The zero-order valence-electron chi connectivity index (χ0n) is 13.4. The third-order valence-corrected chi connectivity index (χ3v) is 5.10. The predicted octanol–water partition coefficient (Wildman–Crippen LogP) is 3.32. The minimum absolute atomic E-state index is 0.240. The summed E-state index contributed by atoms with van der Waals surface area (Å²) in [6.07, 6.45) is 10.4. The highest BCUT2D eigenvalue weighted by molar-refractivity contribution is 5.83. The number of nitrogens with zero attached hydrogens (tertiary/aromatic N) is 1. The first-order valence-electron chi connectivity index (χ1n) is 8.60. The van der Waals surface area contributed by atoms with Crippen LogP contribution in [0, 0.1) is 11.3 Å². The van der Waals surface area contributed by atoms with E-state index in [1.54, 1.807) is 0 Å². The van der Waals surface area contributed by atoms with Crippen LogP contribution in [0.2, 0.25) is 0 Å². The maximum atomic E-state index is 13.1. The lowest BCUT2D eigenvalue weighted by Crippen LogP contribution is -2.49. The molecule has 1 amide bonds. The summed E-state index contributed by atoms with van der Waals surface area (Å²) in [5, 5.41) is 0. The Bertz CT molecular complexity index is 315. The SMILES string of the molecule is CC(C)CCN(C(=O)C1(CN)CCCCCC1)C1CC1. The van der Waals surface area contributed by atoms with E-state index >= 15 is 0 Å². The molecule has 0 aromatic heterocycles. The first kappa shape index (κ1) is 15.8. The first-order chi connectivity index (χ1) is 9.59. The Balaban J connectivity index is 2.07. The van der Waals surface area contributed by atoms with Crippen molar-refractivity contribution in [3.8, 4) is 0 Å². The van der Waals surface area contributed by atoms with Crippen molar-refractivity contribution in [1.82, 2.24) is 4.90 Å². The minimum Gasteiger partial charge on any atom is -0.339 e. The summed E-state index contributed by atoms with van der Waals surface area (Å²) in [4.78, 5) is 15.3. The lowest BCUT2D eigenvalue weighted by Gasteiger charge is -2.36. The fourth-order valence-corrected chi connectivity index (χ4v) is 3.45. The van der Waals surface area contributed by atoms with Gasteiger partial charge in [0.15, 0.2) is 0 Å². The Kier molecular flexibility index (Phi) is 5.48. The van der Waals surface area contributed by atoms with Gasteiger partial charge in [-0.1, -0.05) is 39.5 Å². The molecule has 0 aromatic rings. The number of nitrogens with two attached hydrogens (primary N) is 1. The maximum Gasteiger partial charge on any atom is 0.230 e. The standard InChI is InChI=1S/C17H32N2O/c1-14(2)9-12-19(15-7-8-15)16(20)17(13-18)10-5-3-4-6-11-17/h14-15H,3-13,18H2,1-2H3. The smallest absolute Gasteiger partial charge is 0.230 e. The molecular formula is C17H32N2O. The fraction of sp³-hybridized carbons (Fsp3) is 0.941. The van der Waals surface area contributed by atoms with Crippen LogP contribution in [0.5, 0.6) is 0 Å². The number of carbonyl (C=O) groups is 1. The molecule has 20 heavy (non-hydrogen) atoms. The normalized spacial score (nSPS) is 22.6. The lowest BCUT2D eigenvalue weighted by molar-refractivity contribution is -0.143. The number of hydrogen-bond donors (Lipinski definition) is 1. The van der Waals surface area contributed by atoms with Gasteiger partial charge in [0.05, 0.1) is 5.41 Å². The molecule has 0 spiro atoms. The molecule has 2 aliphatic rings. The summed E-state index contributed by atoms with van der Waals surface area (Å²) >= 11 is 0. The van der Waals surface area contributed by atoms with E-state index in [-0.39, 0.29) is 5.41 Å². The highest BCUT2D eigenvalue weighted by atomic mass is 16.2. The van der Waals surface area contributed by atoms with E-state index < -0.39 is 0 Å². The highest BCUT2D eigenvalue weighted by Crippen LogP contribution is 2.39. The van der Waals surface area contributed by atoms with Crippen molar-refractivity contribution >= 4 is 5.91 Å². The van der Waals surface area contributed by atoms with Gasteiger partial charge in [-0.15, -0.1) is 0 Å². The molecule has 0 radical (unpaired) electrons. The van der Waals surface area contributed by atoms with E-state index in [9.17, 15) is 4.79 Å². The molecule has 3 nitrogen and oxygen atoms in total. The summed E-state index contributed by atoms with van der Waals surface area (Å²) in [5.41, 5.74) is 5.84. The van der Waals surface area contributed by atoms with Crippen molar-refractivity contribution in [1.29, 1.82) is 0 Å². The lowest BCUT2D eigenvalue weighted by atomic mass is 9.78. The monoisotopic (exact) mass is 280 g/mol. The van der Waals surface area contributed by atoms with E-state index in [1.165, 1.54) is 38.5 Å². The highest BCUT2D eigenvalue weighted by Gasteiger charge is 2.44. The molecule has 0 aromatic carbocycles. The van der Waals surface area contributed by atoms with Gasteiger partial charge >= 0.3 is 0 Å². The summed E-state index contributed by atoms with van der Waals surface area (Å²) < 4.78 is 0. The fourth-order valence-electron chi connectivity index (χ4n) is 3.45. The predicted molar refractivity (Wildman–Crippen MR) is 83.4 cm³/mol. The Morgan fingerprint density at radius 2 is 1.80 bits per heavy atom. The summed E-state index contributed by atoms with van der Waals surface area (Å²) in [6, 6.07) is 0.521. The molecule has 2 aliphatic carbocycles. The molecular weight excluding hydrogens is 248 g/mol. The Labute approximate surface area is 124 Å². The molecule has 0 unspecified atom stereocenters. The van der Waals surface area contributed by atoms with Gasteiger partial charge in [-0.3, -0.25) is 4.79 Å². The third kappa shape index (κ3) is 3.75. The summed E-state index contributed by atoms with van der Waals surface area (Å²) in [6.45, 7) is 5.94. The zero-order valence-corrected chi connectivity index (χ0v) is 13.4. The number of carbonyl (C=O) groups excluding carboxylic acids is 1. The van der Waals surface area contributed by atoms with Crippen LogP contribution < -0.4 is 5.73 Å². The molecule has 3 heteroatoms. The second kappa shape index (κ2) is 6.93. The van der Waals surface area contributed by atoms with Gasteiger partial charge in [0.1, 0.15) is 0 Å². The van der Waals surface area contributed by atoms with Gasteiger partial charge in [-0.2, -0.15) is 0 Å². The molecule has 2 rings (SSSR count). The van der Waals surface area contributed by atoms with Crippen molar-refractivity contribution in [3.05, 3.63) is 0 Å². The molecule has 0 bridgehead atoms. The van der Waals surface area contributed by atoms with Gasteiger partial charge in [-0.25, -0.2) is 0 Å². The molecule has 2 fully saturated rings. The summed E-state index contributed by atoms with van der Waals surface area (Å²) in [7, 11) is 0. The van der Waals surface area contributed by atoms with E-state index in [1.807, 2.05) is 0 Å². The van der Waals surface area contributed by atoms with Crippen LogP contribution in [0.1, 0.15) is 71.6 Å². The van der Waals surface area contributed by atoms with Crippen LogP contribution >= 0.6 is 0 Å². The average Bonchev–Trinajstić information content (AvgIpc) is 3.25. The van der Waals surface area contributed by atoms with Crippen molar-refractivity contribution in [3.63, 3.8) is 0 Å². The van der Waals surface area contributed by atoms with E-state index in [0.29, 0.717) is 24.4 Å². The van der Waals surface area contributed by atoms with Crippen molar-refractivity contribution in [2.75, 3.05) is 13.1 Å². The maximum absolute atomic E-state index is 13.1. The average molecular weight is 280 g/mol. The van der Waals surface area contributed by atoms with Gasteiger partial charge < -0.3 is 10.6 Å². The molecule has 0 atom stereocenters. The van der Waals surface area contributed by atoms with E-state index in [0.717, 1.165) is 25.8 Å². The molecule has 0 heterocycles. The van der Waals surface area contributed by atoms with Gasteiger partial charge in [0.2, 0.25) is 5.91 Å². The summed E-state index contributed by atoms with van der Waals surface area (Å²) in [5.74, 6) is 1.04. The molecule has 0 aliphatic heterocycles. The third-order valence-electron chi connectivity index (χ3n) is 5.10. The molecule has 116 valence electrons. The van der Waals surface area contributed by atoms with Gasteiger partial charge in [-0.05, 0) is 38.0 Å². The van der Waals surface area contributed by atoms with Crippen molar-refractivity contribution < 1.29 is 4.79 Å². The van der Waals surface area contributed by atoms with Crippen LogP contribution in [0.15, 0.2) is 0 Å². The molecule has 2 N–H and O–H groups in total. The second-order valence-corrected chi connectivity index (χ2v) is 7.31. The Hall–Kier alpha value is -0.570. The Morgan fingerprint density at radius 1 is 1.20 bits per heavy atom. The minimum atomic E-state index is -0.240. The largest absolute Gasteiger partial charge is 0.339 e. The van der Waals surface area contributed by atoms with E-state index in [2.05, 4.69) is 18.7 Å². The number of amides is 1. The molecule has 0 saturated heterocycles. The quantitative estimate of drug-likeness (QED) is 0.759. The van der Waals surface area contributed by atoms with Crippen LogP contribution in [-0.2, 0) is 4.79 Å². The van der Waals surface area contributed by atoms with Crippen molar-refractivity contribution in [2.24, 2.45) is 17.1 Å². The topological polar surface area (TPSA) is 46.3 Å². The van der Waals surface area contributed by atoms with Crippen LogP contribution in [-0.4, -0.2) is 29.9 Å². The van der Waals surface area contributed by atoms with Gasteiger partial charge in [0, 0.05) is 19.1 Å².